The smallest absolute Gasteiger partial charge is 0.319 e. The summed E-state index contributed by atoms with van der Waals surface area (Å²) >= 11 is 3.16. The Balaban J connectivity index is 3.49. The number of hydrogen-bond acceptors (Lipinski definition) is 2. The number of alkyl halides is 1. The molecular weight excluding hydrogens is 234 g/mol. The SMILES string of the molecule is CC[NH+](CC)CCOC(=O)C(C)Br. The zero-order valence-corrected chi connectivity index (χ0v) is 10.2. The van der Waals surface area contributed by atoms with Crippen LogP contribution in [0, 0.1) is 0 Å². The van der Waals surface area contributed by atoms with Crippen LogP contribution in [-0.4, -0.2) is 37.0 Å². The molecule has 1 N–H and O–H groups in total. The zero-order valence-electron chi connectivity index (χ0n) is 8.60. The first-order chi connectivity index (χ1) is 6.11. The van der Waals surface area contributed by atoms with Crippen LogP contribution in [0.4, 0.5) is 0 Å². The first-order valence-electron chi connectivity index (χ1n) is 4.76. The Labute approximate surface area is 88.6 Å². The maximum absolute atomic E-state index is 11.0. The van der Waals surface area contributed by atoms with Crippen molar-refractivity contribution in [2.75, 3.05) is 26.2 Å². The minimum absolute atomic E-state index is 0.174. The van der Waals surface area contributed by atoms with E-state index >= 15 is 0 Å². The van der Waals surface area contributed by atoms with Crippen molar-refractivity contribution in [3.8, 4) is 0 Å². The summed E-state index contributed by atoms with van der Waals surface area (Å²) in [6.45, 7) is 9.62. The monoisotopic (exact) mass is 252 g/mol. The van der Waals surface area contributed by atoms with E-state index in [9.17, 15) is 4.79 Å². The number of esters is 1. The van der Waals surface area contributed by atoms with E-state index in [1.807, 2.05) is 0 Å². The van der Waals surface area contributed by atoms with Gasteiger partial charge in [0.2, 0.25) is 0 Å². The van der Waals surface area contributed by atoms with Crippen LogP contribution in [0.3, 0.4) is 0 Å². The predicted molar refractivity (Wildman–Crippen MR) is 56.3 cm³/mol. The van der Waals surface area contributed by atoms with Gasteiger partial charge in [0, 0.05) is 0 Å². The molecule has 1 atom stereocenters. The van der Waals surface area contributed by atoms with Gasteiger partial charge >= 0.3 is 5.97 Å². The molecule has 0 aliphatic rings. The Hall–Kier alpha value is -0.0900. The molecule has 0 spiro atoms. The Kier molecular flexibility index (Phi) is 7.28. The highest BCUT2D eigenvalue weighted by atomic mass is 79.9. The van der Waals surface area contributed by atoms with E-state index in [0.717, 1.165) is 19.6 Å². The largest absolute Gasteiger partial charge is 0.459 e. The molecule has 0 rings (SSSR count). The summed E-state index contributed by atoms with van der Waals surface area (Å²) in [4.78, 5) is 12.3. The third-order valence-electron chi connectivity index (χ3n) is 2.02. The Morgan fingerprint density at radius 2 is 2.00 bits per heavy atom. The first kappa shape index (κ1) is 12.9. The number of carbonyl (C=O) groups excluding carboxylic acids is 1. The molecule has 0 saturated heterocycles. The van der Waals surface area contributed by atoms with Gasteiger partial charge in [-0.2, -0.15) is 0 Å². The minimum atomic E-state index is -0.195. The average Bonchev–Trinajstić information content (AvgIpc) is 2.12. The van der Waals surface area contributed by atoms with Crippen LogP contribution in [-0.2, 0) is 9.53 Å². The molecule has 1 unspecified atom stereocenters. The van der Waals surface area contributed by atoms with E-state index in [0.29, 0.717) is 6.61 Å². The number of quaternary nitrogens is 1. The lowest BCUT2D eigenvalue weighted by Crippen LogP contribution is -3.11. The minimum Gasteiger partial charge on any atom is -0.459 e. The highest BCUT2D eigenvalue weighted by molar-refractivity contribution is 9.10. The molecule has 13 heavy (non-hydrogen) atoms. The van der Waals surface area contributed by atoms with Crippen LogP contribution in [0.5, 0.6) is 0 Å². The lowest BCUT2D eigenvalue weighted by Gasteiger charge is -2.15. The first-order valence-corrected chi connectivity index (χ1v) is 5.67. The summed E-state index contributed by atoms with van der Waals surface area (Å²) in [6, 6.07) is 0. The van der Waals surface area contributed by atoms with Crippen molar-refractivity contribution in [1.29, 1.82) is 0 Å². The van der Waals surface area contributed by atoms with E-state index in [4.69, 9.17) is 4.74 Å². The molecule has 0 aromatic rings. The molecule has 3 nitrogen and oxygen atoms in total. The number of ether oxygens (including phenoxy) is 1. The fourth-order valence-corrected chi connectivity index (χ4v) is 1.15. The van der Waals surface area contributed by atoms with Crippen LogP contribution < -0.4 is 4.90 Å². The van der Waals surface area contributed by atoms with Crippen molar-refractivity contribution < 1.29 is 14.4 Å². The summed E-state index contributed by atoms with van der Waals surface area (Å²) in [6.07, 6.45) is 0. The van der Waals surface area contributed by atoms with Gasteiger partial charge in [0.1, 0.15) is 18.0 Å². The van der Waals surface area contributed by atoms with E-state index in [-0.39, 0.29) is 10.8 Å². The topological polar surface area (TPSA) is 30.7 Å². The highest BCUT2D eigenvalue weighted by Crippen LogP contribution is 1.98. The standard InChI is InChI=1S/C9H18BrNO2/c1-4-11(5-2)6-7-13-9(12)8(3)10/h8H,4-7H2,1-3H3/p+1. The molecule has 0 radical (unpaired) electrons. The number of hydrogen-bond donors (Lipinski definition) is 1. The van der Waals surface area contributed by atoms with E-state index in [1.165, 1.54) is 4.90 Å². The number of rotatable bonds is 6. The second-order valence-electron chi connectivity index (χ2n) is 2.99. The number of likely N-dealkylation sites (N-methyl/N-ethyl adjacent to an activating group) is 1. The molecule has 4 heteroatoms. The molecule has 78 valence electrons. The van der Waals surface area contributed by atoms with Gasteiger partial charge in [-0.3, -0.25) is 4.79 Å². The van der Waals surface area contributed by atoms with Crippen molar-refractivity contribution in [3.63, 3.8) is 0 Å². The lowest BCUT2D eigenvalue weighted by molar-refractivity contribution is -0.896. The molecule has 0 aliphatic carbocycles. The normalized spacial score (nSPS) is 13.0. The lowest BCUT2D eigenvalue weighted by atomic mass is 10.5. The molecule has 0 bridgehead atoms. The van der Waals surface area contributed by atoms with Gasteiger partial charge in [-0.1, -0.05) is 15.9 Å². The summed E-state index contributed by atoms with van der Waals surface area (Å²) < 4.78 is 5.03. The van der Waals surface area contributed by atoms with Crippen LogP contribution in [0.1, 0.15) is 20.8 Å². The Morgan fingerprint density at radius 1 is 1.46 bits per heavy atom. The van der Waals surface area contributed by atoms with Crippen LogP contribution >= 0.6 is 15.9 Å². The second kappa shape index (κ2) is 7.33. The van der Waals surface area contributed by atoms with E-state index in [1.54, 1.807) is 6.92 Å². The fraction of sp³-hybridized carbons (Fsp3) is 0.889. The summed E-state index contributed by atoms with van der Waals surface area (Å²) in [5.74, 6) is -0.174. The molecule has 0 aromatic heterocycles. The molecule has 0 amide bonds. The van der Waals surface area contributed by atoms with Gasteiger partial charge < -0.3 is 9.64 Å². The molecule has 0 aromatic carbocycles. The van der Waals surface area contributed by atoms with Crippen molar-refractivity contribution in [1.82, 2.24) is 0 Å². The highest BCUT2D eigenvalue weighted by Gasteiger charge is 2.10. The predicted octanol–water partition coefficient (Wildman–Crippen LogP) is 0.238. The van der Waals surface area contributed by atoms with Crippen LogP contribution in [0.2, 0.25) is 0 Å². The quantitative estimate of drug-likeness (QED) is 0.543. The van der Waals surface area contributed by atoms with Gasteiger partial charge in [-0.25, -0.2) is 0 Å². The maximum atomic E-state index is 11.0. The number of halogens is 1. The van der Waals surface area contributed by atoms with Gasteiger partial charge in [0.15, 0.2) is 0 Å². The second-order valence-corrected chi connectivity index (χ2v) is 4.36. The number of nitrogens with one attached hydrogen (secondary N) is 1. The zero-order chi connectivity index (χ0) is 10.3. The molecular formula is C9H19BrNO2+. The average molecular weight is 253 g/mol. The van der Waals surface area contributed by atoms with Crippen molar-refractivity contribution >= 4 is 21.9 Å². The van der Waals surface area contributed by atoms with E-state index in [2.05, 4.69) is 29.8 Å². The maximum Gasteiger partial charge on any atom is 0.319 e. The Bertz CT molecular complexity index is 147. The molecule has 0 aliphatic heterocycles. The molecule has 0 heterocycles. The van der Waals surface area contributed by atoms with Crippen molar-refractivity contribution in [2.24, 2.45) is 0 Å². The van der Waals surface area contributed by atoms with E-state index < -0.39 is 0 Å². The fourth-order valence-electron chi connectivity index (χ4n) is 1.01. The Morgan fingerprint density at radius 3 is 2.38 bits per heavy atom. The van der Waals surface area contributed by atoms with Crippen molar-refractivity contribution in [2.45, 2.75) is 25.6 Å². The van der Waals surface area contributed by atoms with Gasteiger partial charge in [-0.05, 0) is 20.8 Å². The summed E-state index contributed by atoms with van der Waals surface area (Å²) in [5.41, 5.74) is 0. The van der Waals surface area contributed by atoms with Gasteiger partial charge in [0.05, 0.1) is 13.1 Å². The number of carbonyl (C=O) groups is 1. The van der Waals surface area contributed by atoms with Gasteiger partial charge in [0.25, 0.3) is 0 Å². The van der Waals surface area contributed by atoms with Crippen LogP contribution in [0.25, 0.3) is 0 Å². The summed E-state index contributed by atoms with van der Waals surface area (Å²) in [5, 5.41) is 0. The molecule has 0 fully saturated rings. The van der Waals surface area contributed by atoms with Crippen LogP contribution in [0.15, 0.2) is 0 Å². The molecule has 0 saturated carbocycles. The third kappa shape index (κ3) is 6.05. The summed E-state index contributed by atoms with van der Waals surface area (Å²) in [7, 11) is 0. The van der Waals surface area contributed by atoms with Gasteiger partial charge in [-0.15, -0.1) is 0 Å². The van der Waals surface area contributed by atoms with Crippen molar-refractivity contribution in [3.05, 3.63) is 0 Å². The third-order valence-corrected chi connectivity index (χ3v) is 2.40.